The van der Waals surface area contributed by atoms with E-state index in [2.05, 4.69) is 0 Å². The zero-order chi connectivity index (χ0) is 15.4. The monoisotopic (exact) mass is 291 g/mol. The fourth-order valence-electron chi connectivity index (χ4n) is 2.78. The van der Waals surface area contributed by atoms with Gasteiger partial charge in [0.05, 0.1) is 19.8 Å². The van der Waals surface area contributed by atoms with E-state index in [9.17, 15) is 9.59 Å². The Morgan fingerprint density at radius 2 is 2.05 bits per heavy atom. The van der Waals surface area contributed by atoms with Crippen LogP contribution in [0.2, 0.25) is 0 Å². The van der Waals surface area contributed by atoms with E-state index in [1.165, 1.54) is 7.11 Å². The van der Waals surface area contributed by atoms with Crippen LogP contribution in [0.5, 0.6) is 11.5 Å². The van der Waals surface area contributed by atoms with E-state index in [-0.39, 0.29) is 17.7 Å². The van der Waals surface area contributed by atoms with Crippen molar-refractivity contribution < 1.29 is 19.1 Å². The lowest BCUT2D eigenvalue weighted by Crippen LogP contribution is -2.36. The summed E-state index contributed by atoms with van der Waals surface area (Å²) in [5, 5.41) is 0. The van der Waals surface area contributed by atoms with Crippen molar-refractivity contribution in [3.63, 3.8) is 0 Å². The topological polar surface area (TPSA) is 55.8 Å². The van der Waals surface area contributed by atoms with Crippen LogP contribution < -0.4 is 9.47 Å². The molecule has 0 aromatic heterocycles. The smallest absolute Gasteiger partial charge is 0.258 e. The summed E-state index contributed by atoms with van der Waals surface area (Å²) in [5.41, 5.74) is 0.479. The first kappa shape index (κ1) is 15.4. The van der Waals surface area contributed by atoms with Crippen LogP contribution in [0, 0.1) is 0 Å². The summed E-state index contributed by atoms with van der Waals surface area (Å²) in [6, 6.07) is 5.16. The summed E-state index contributed by atoms with van der Waals surface area (Å²) >= 11 is 0. The van der Waals surface area contributed by atoms with Crippen LogP contribution in [0.4, 0.5) is 0 Å². The van der Waals surface area contributed by atoms with E-state index >= 15 is 0 Å². The van der Waals surface area contributed by atoms with Gasteiger partial charge in [-0.05, 0) is 38.0 Å². The van der Waals surface area contributed by atoms with Gasteiger partial charge >= 0.3 is 0 Å². The molecular formula is C16H21NO4. The van der Waals surface area contributed by atoms with Crippen molar-refractivity contribution in [2.24, 2.45) is 0 Å². The molecule has 0 bridgehead atoms. The minimum absolute atomic E-state index is 0.00842. The van der Waals surface area contributed by atoms with E-state index in [0.717, 1.165) is 12.8 Å². The lowest BCUT2D eigenvalue weighted by molar-refractivity contribution is -0.117. The molecule has 1 aromatic carbocycles. The number of ether oxygens (including phenoxy) is 2. The van der Waals surface area contributed by atoms with Crippen LogP contribution >= 0.6 is 0 Å². The molecule has 0 aliphatic carbocycles. The zero-order valence-electron chi connectivity index (χ0n) is 12.7. The molecule has 0 spiro atoms. The normalized spacial score (nSPS) is 17.7. The third-order valence-electron chi connectivity index (χ3n) is 3.80. The minimum atomic E-state index is -0.102. The second-order valence-electron chi connectivity index (χ2n) is 5.27. The molecule has 1 aliphatic heterocycles. The molecule has 1 atom stereocenters. The van der Waals surface area contributed by atoms with E-state index in [1.807, 2.05) is 0 Å². The highest BCUT2D eigenvalue weighted by Gasteiger charge is 2.31. The number of methoxy groups -OCH3 is 2. The van der Waals surface area contributed by atoms with Crippen LogP contribution in [0.1, 0.15) is 36.5 Å². The summed E-state index contributed by atoms with van der Waals surface area (Å²) in [6.45, 7) is 2.24. The van der Waals surface area contributed by atoms with E-state index < -0.39 is 0 Å². The molecule has 0 saturated carbocycles. The van der Waals surface area contributed by atoms with Gasteiger partial charge in [0.2, 0.25) is 0 Å². The van der Waals surface area contributed by atoms with Crippen molar-refractivity contribution in [1.82, 2.24) is 4.90 Å². The van der Waals surface area contributed by atoms with Crippen molar-refractivity contribution in [3.8, 4) is 11.5 Å². The Bertz CT molecular complexity index is 541. The second-order valence-corrected chi connectivity index (χ2v) is 5.27. The number of carbonyl (C=O) groups is 2. The van der Waals surface area contributed by atoms with Crippen molar-refractivity contribution in [1.29, 1.82) is 0 Å². The van der Waals surface area contributed by atoms with Gasteiger partial charge < -0.3 is 14.4 Å². The van der Waals surface area contributed by atoms with E-state index in [0.29, 0.717) is 30.0 Å². The number of hydrogen-bond acceptors (Lipinski definition) is 4. The molecule has 5 heteroatoms. The lowest BCUT2D eigenvalue weighted by atomic mass is 10.1. The molecule has 1 saturated heterocycles. The van der Waals surface area contributed by atoms with Gasteiger partial charge in [-0.15, -0.1) is 0 Å². The van der Waals surface area contributed by atoms with Gasteiger partial charge in [-0.3, -0.25) is 9.59 Å². The lowest BCUT2D eigenvalue weighted by Gasteiger charge is -2.25. The molecule has 0 N–H and O–H groups in total. The number of nitrogens with zero attached hydrogens (tertiary/aromatic N) is 1. The van der Waals surface area contributed by atoms with Crippen LogP contribution in [0.15, 0.2) is 18.2 Å². The Morgan fingerprint density at radius 1 is 1.29 bits per heavy atom. The number of carbonyl (C=O) groups excluding carboxylic acids is 2. The molecule has 1 fully saturated rings. The number of benzene rings is 1. The van der Waals surface area contributed by atoms with Gasteiger partial charge in [0.15, 0.2) is 0 Å². The highest BCUT2D eigenvalue weighted by atomic mass is 16.5. The average molecular weight is 291 g/mol. The van der Waals surface area contributed by atoms with Crippen LogP contribution in [-0.2, 0) is 4.79 Å². The molecular weight excluding hydrogens is 270 g/mol. The maximum Gasteiger partial charge on any atom is 0.258 e. The number of hydrogen-bond donors (Lipinski definition) is 0. The van der Waals surface area contributed by atoms with Crippen LogP contribution in [0.3, 0.4) is 0 Å². The van der Waals surface area contributed by atoms with Gasteiger partial charge in [0, 0.05) is 19.0 Å². The average Bonchev–Trinajstić information content (AvgIpc) is 2.93. The first-order chi connectivity index (χ1) is 10.1. The summed E-state index contributed by atoms with van der Waals surface area (Å²) < 4.78 is 10.5. The highest BCUT2D eigenvalue weighted by Crippen LogP contribution is 2.29. The summed E-state index contributed by atoms with van der Waals surface area (Å²) in [6.07, 6.45) is 2.21. The second kappa shape index (κ2) is 6.61. The van der Waals surface area contributed by atoms with Crippen LogP contribution in [-0.4, -0.2) is 43.4 Å². The van der Waals surface area contributed by atoms with Gasteiger partial charge in [0.1, 0.15) is 17.3 Å². The molecule has 1 amide bonds. The number of ketones is 1. The molecule has 5 nitrogen and oxygen atoms in total. The Labute approximate surface area is 124 Å². The first-order valence-electron chi connectivity index (χ1n) is 7.09. The SMILES string of the molecule is COc1ccc(OC)c(C(=O)N2CCCC2CC(C)=O)c1. The number of amides is 1. The van der Waals surface area contributed by atoms with Crippen molar-refractivity contribution in [2.75, 3.05) is 20.8 Å². The fourth-order valence-corrected chi connectivity index (χ4v) is 2.78. The van der Waals surface area contributed by atoms with Gasteiger partial charge in [-0.25, -0.2) is 0 Å². The quantitative estimate of drug-likeness (QED) is 0.835. The third kappa shape index (κ3) is 3.35. The Kier molecular flexibility index (Phi) is 4.83. The maximum absolute atomic E-state index is 12.8. The van der Waals surface area contributed by atoms with E-state index in [1.54, 1.807) is 37.1 Å². The first-order valence-corrected chi connectivity index (χ1v) is 7.09. The number of Topliss-reactive ketones (excluding diaryl/α,β-unsaturated/α-hetero) is 1. The highest BCUT2D eigenvalue weighted by molar-refractivity contribution is 5.98. The Balaban J connectivity index is 2.28. The number of likely N-dealkylation sites (tertiary alicyclic amines) is 1. The predicted octanol–water partition coefficient (Wildman–Crippen LogP) is 2.29. The molecule has 1 heterocycles. The van der Waals surface area contributed by atoms with Crippen LogP contribution in [0.25, 0.3) is 0 Å². The third-order valence-corrected chi connectivity index (χ3v) is 3.80. The van der Waals surface area contributed by atoms with E-state index in [4.69, 9.17) is 9.47 Å². The Hall–Kier alpha value is -2.04. The molecule has 1 aliphatic rings. The molecule has 0 radical (unpaired) electrons. The zero-order valence-corrected chi connectivity index (χ0v) is 12.7. The largest absolute Gasteiger partial charge is 0.497 e. The molecule has 1 aromatic rings. The summed E-state index contributed by atoms with van der Waals surface area (Å²) in [5.74, 6) is 1.14. The van der Waals surface area contributed by atoms with Crippen molar-refractivity contribution in [3.05, 3.63) is 23.8 Å². The number of rotatable bonds is 5. The maximum atomic E-state index is 12.8. The van der Waals surface area contributed by atoms with Gasteiger partial charge in [-0.1, -0.05) is 0 Å². The molecule has 21 heavy (non-hydrogen) atoms. The van der Waals surface area contributed by atoms with Gasteiger partial charge in [-0.2, -0.15) is 0 Å². The predicted molar refractivity (Wildman–Crippen MR) is 78.9 cm³/mol. The summed E-state index contributed by atoms with van der Waals surface area (Å²) in [4.78, 5) is 25.9. The summed E-state index contributed by atoms with van der Waals surface area (Å²) in [7, 11) is 3.10. The molecule has 114 valence electrons. The molecule has 2 rings (SSSR count). The van der Waals surface area contributed by atoms with Crippen molar-refractivity contribution in [2.45, 2.75) is 32.2 Å². The standard InChI is InChI=1S/C16H21NO4/c1-11(18)9-12-5-4-8-17(12)16(19)14-10-13(20-2)6-7-15(14)21-3/h6-7,10,12H,4-5,8-9H2,1-3H3. The minimum Gasteiger partial charge on any atom is -0.497 e. The van der Waals surface area contributed by atoms with Crippen molar-refractivity contribution >= 4 is 11.7 Å². The molecule has 1 unspecified atom stereocenters. The van der Waals surface area contributed by atoms with Gasteiger partial charge in [0.25, 0.3) is 5.91 Å². The fraction of sp³-hybridized carbons (Fsp3) is 0.500. The Morgan fingerprint density at radius 3 is 2.67 bits per heavy atom.